The van der Waals surface area contributed by atoms with Crippen molar-refractivity contribution in [1.82, 2.24) is 5.32 Å². The minimum atomic E-state index is -0.252. The van der Waals surface area contributed by atoms with E-state index in [1.807, 2.05) is 20.8 Å². The smallest absolute Gasteiger partial charge is 0.229 e. The van der Waals surface area contributed by atoms with Crippen molar-refractivity contribution in [2.75, 3.05) is 18.6 Å². The van der Waals surface area contributed by atoms with Crippen molar-refractivity contribution in [1.29, 1.82) is 0 Å². The molecule has 0 aromatic carbocycles. The zero-order chi connectivity index (χ0) is 18.7. The molecule has 1 unspecified atom stereocenters. The Morgan fingerprint density at radius 2 is 1.62 bits per heavy atom. The van der Waals surface area contributed by atoms with E-state index in [4.69, 9.17) is 0 Å². The number of nitrogens with one attached hydrogen (secondary N) is 1. The van der Waals surface area contributed by atoms with E-state index in [-0.39, 0.29) is 61.1 Å². The van der Waals surface area contributed by atoms with Crippen LogP contribution < -0.4 is 5.32 Å². The van der Waals surface area contributed by atoms with Crippen LogP contribution in [0.3, 0.4) is 0 Å². The summed E-state index contributed by atoms with van der Waals surface area (Å²) in [6.45, 7) is 19.9. The Morgan fingerprint density at radius 1 is 1.12 bits per heavy atom. The molecule has 0 bridgehead atoms. The van der Waals surface area contributed by atoms with Gasteiger partial charge in [-0.25, -0.2) is 0 Å². The first-order valence-electron chi connectivity index (χ1n) is 8.30. The largest absolute Gasteiger partial charge is 0.358 e. The quantitative estimate of drug-likeness (QED) is 0.474. The maximum absolute atomic E-state index is 11.8. The Balaban J connectivity index is -0.000000364. The van der Waals surface area contributed by atoms with Gasteiger partial charge in [0, 0.05) is 45.2 Å². The van der Waals surface area contributed by atoms with E-state index < -0.39 is 0 Å². The van der Waals surface area contributed by atoms with E-state index in [0.717, 1.165) is 25.0 Å². The zero-order valence-electron chi connectivity index (χ0n) is 16.8. The zero-order valence-corrected chi connectivity index (χ0v) is 20.5. The normalized spacial score (nSPS) is 12.4. The molecule has 1 amide bonds. The Labute approximate surface area is 180 Å². The van der Waals surface area contributed by atoms with Gasteiger partial charge in [-0.3, -0.25) is 4.79 Å². The Bertz CT molecular complexity index is 346. The average Bonchev–Trinajstić information content (AvgIpc) is 2.40. The molecule has 1 N–H and O–H groups in total. The molecule has 3 nitrogen and oxygen atoms in total. The number of carbonyl (C=O) groups excluding carboxylic acids is 2. The van der Waals surface area contributed by atoms with Crippen molar-refractivity contribution in [3.63, 3.8) is 0 Å². The molecule has 0 aliphatic rings. The molecule has 0 saturated carbocycles. The molecule has 0 rings (SSSR count). The van der Waals surface area contributed by atoms with E-state index >= 15 is 0 Å². The molecule has 0 aliphatic carbocycles. The number of amides is 1. The van der Waals surface area contributed by atoms with Gasteiger partial charge in [0.15, 0.2) is 0 Å². The van der Waals surface area contributed by atoms with Gasteiger partial charge in [0.25, 0.3) is 0 Å². The van der Waals surface area contributed by atoms with Crippen molar-refractivity contribution < 1.29 is 42.3 Å². The third-order valence-corrected chi connectivity index (χ3v) is 4.06. The molecule has 1 radical (unpaired) electrons. The molecule has 0 fully saturated rings. The predicted octanol–water partition coefficient (Wildman–Crippen LogP) is 4.57. The number of ketones is 1. The van der Waals surface area contributed by atoms with Crippen LogP contribution in [0.4, 0.5) is 0 Å². The molecule has 24 heavy (non-hydrogen) atoms. The van der Waals surface area contributed by atoms with Gasteiger partial charge in [0.05, 0.1) is 5.75 Å². The fourth-order valence-electron chi connectivity index (χ4n) is 1.89. The molecular weight excluding hydrogens is 395 g/mol. The minimum absolute atomic E-state index is 0. The van der Waals surface area contributed by atoms with Crippen LogP contribution in [0.5, 0.6) is 0 Å². The summed E-state index contributed by atoms with van der Waals surface area (Å²) in [5, 5.41) is 2.57. The fraction of sp³-hybridized carbons (Fsp3) is 0.789. The maximum Gasteiger partial charge on any atom is 0.229 e. The first-order chi connectivity index (χ1) is 10.3. The first-order valence-corrected chi connectivity index (χ1v) is 9.45. The van der Waals surface area contributed by atoms with Crippen molar-refractivity contribution in [2.45, 2.75) is 60.8 Å². The molecule has 0 spiro atoms. The second kappa shape index (κ2) is 14.7. The van der Waals surface area contributed by atoms with Gasteiger partial charge in [0.2, 0.25) is 5.91 Å². The van der Waals surface area contributed by atoms with Crippen LogP contribution in [-0.4, -0.2) is 30.2 Å². The molecular formula is C19H37NO2SY-2. The third-order valence-electron chi connectivity index (χ3n) is 3.02. The van der Waals surface area contributed by atoms with Gasteiger partial charge < -0.3 is 24.0 Å². The first kappa shape index (κ1) is 29.4. The van der Waals surface area contributed by atoms with Gasteiger partial charge >= 0.3 is 0 Å². The molecule has 0 aromatic rings. The monoisotopic (exact) mass is 432 g/mol. The molecule has 0 heterocycles. The third kappa shape index (κ3) is 18.9. The molecule has 141 valence electrons. The number of rotatable bonds is 7. The van der Waals surface area contributed by atoms with E-state index in [1.165, 1.54) is 0 Å². The summed E-state index contributed by atoms with van der Waals surface area (Å²) in [5.74, 6) is 1.92. The summed E-state index contributed by atoms with van der Waals surface area (Å²) >= 11 is 1.66. The second-order valence-electron chi connectivity index (χ2n) is 8.01. The van der Waals surface area contributed by atoms with Crippen LogP contribution in [-0.2, 0) is 42.3 Å². The number of thioether (sulfide) groups is 1. The van der Waals surface area contributed by atoms with Crippen LogP contribution in [0.25, 0.3) is 0 Å². The summed E-state index contributed by atoms with van der Waals surface area (Å²) in [5.41, 5.74) is -0.0645. The van der Waals surface area contributed by atoms with Crippen molar-refractivity contribution in [3.8, 4) is 0 Å². The van der Waals surface area contributed by atoms with Gasteiger partial charge in [-0.15, -0.1) is 5.92 Å². The molecule has 1 atom stereocenters. The van der Waals surface area contributed by atoms with E-state index in [1.54, 1.807) is 18.8 Å². The standard InChI is InChI=1S/C12H23O.C7H14NOS.Y/c1-9(8-11(2,3)4)10(13)12(5,6)7;1-3-4-5-10-6-7(9)8-2;/h9H,1,8H2,2-7H3;1,3-6H2,2H3,(H,8,9);/q2*-1;. The van der Waals surface area contributed by atoms with Crippen molar-refractivity contribution in [2.24, 2.45) is 16.7 Å². The molecule has 0 aromatic heterocycles. The SMILES string of the molecule is [CH2-]C(CC(C)(C)C)C(=O)C(C)(C)C.[CH2-]CCCSCC(=O)NC.[Y]. The summed E-state index contributed by atoms with van der Waals surface area (Å²) < 4.78 is 0. The van der Waals surface area contributed by atoms with Crippen LogP contribution in [0, 0.1) is 30.6 Å². The summed E-state index contributed by atoms with van der Waals surface area (Å²) in [7, 11) is 1.66. The van der Waals surface area contributed by atoms with Gasteiger partial charge in [-0.2, -0.15) is 18.2 Å². The van der Waals surface area contributed by atoms with Crippen molar-refractivity contribution >= 4 is 23.5 Å². The van der Waals surface area contributed by atoms with Gasteiger partial charge in [0.1, 0.15) is 5.78 Å². The van der Waals surface area contributed by atoms with Crippen molar-refractivity contribution in [3.05, 3.63) is 13.8 Å². The molecule has 5 heteroatoms. The number of Topliss-reactive ketones (excluding diaryl/α,β-unsaturated/α-hetero) is 1. The summed E-state index contributed by atoms with van der Waals surface area (Å²) in [4.78, 5) is 22.4. The van der Waals surface area contributed by atoms with Gasteiger partial charge in [-0.1, -0.05) is 54.4 Å². The van der Waals surface area contributed by atoms with Gasteiger partial charge in [-0.05, 0) is 11.2 Å². The summed E-state index contributed by atoms with van der Waals surface area (Å²) in [6.07, 6.45) is 2.92. The van der Waals surface area contributed by atoms with Crippen LogP contribution in [0.1, 0.15) is 60.8 Å². The predicted molar refractivity (Wildman–Crippen MR) is 103 cm³/mol. The number of carbonyl (C=O) groups is 2. The maximum atomic E-state index is 11.8. The fourth-order valence-corrected chi connectivity index (χ4v) is 2.77. The summed E-state index contributed by atoms with van der Waals surface area (Å²) in [6, 6.07) is 0. The Kier molecular flexibility index (Phi) is 18.0. The number of hydrogen-bond donors (Lipinski definition) is 1. The van der Waals surface area contributed by atoms with E-state index in [2.05, 4.69) is 39.9 Å². The number of hydrogen-bond acceptors (Lipinski definition) is 3. The van der Waals surface area contributed by atoms with Crippen LogP contribution in [0.2, 0.25) is 0 Å². The topological polar surface area (TPSA) is 46.2 Å². The Morgan fingerprint density at radius 3 is 1.96 bits per heavy atom. The molecule has 0 aliphatic heterocycles. The van der Waals surface area contributed by atoms with E-state index in [9.17, 15) is 9.59 Å². The van der Waals surface area contributed by atoms with E-state index in [0.29, 0.717) is 5.75 Å². The van der Waals surface area contributed by atoms with Crippen LogP contribution in [0.15, 0.2) is 0 Å². The average molecular weight is 432 g/mol. The second-order valence-corrected chi connectivity index (χ2v) is 9.11. The minimum Gasteiger partial charge on any atom is -0.358 e. The Hall–Kier alpha value is 0.594. The number of unbranched alkanes of at least 4 members (excludes halogenated alkanes) is 1. The molecule has 0 saturated heterocycles. The van der Waals surface area contributed by atoms with Crippen LogP contribution >= 0.6 is 11.8 Å².